The third kappa shape index (κ3) is 5.52. The van der Waals surface area contributed by atoms with Crippen LogP contribution in [0, 0.1) is 0 Å². The number of amides is 2. The zero-order valence-corrected chi connectivity index (χ0v) is 12.5. The number of aliphatic carboxylic acids is 1. The van der Waals surface area contributed by atoms with Gasteiger partial charge in [0, 0.05) is 10.6 Å². The first-order valence-corrected chi connectivity index (χ1v) is 7.73. The van der Waals surface area contributed by atoms with Crippen molar-refractivity contribution in [2.24, 2.45) is 0 Å². The summed E-state index contributed by atoms with van der Waals surface area (Å²) in [6, 6.07) is 6.02. The number of unbranched alkanes of at least 4 members (excludes halogenated alkanes) is 1. The van der Waals surface area contributed by atoms with Crippen LogP contribution in [0.2, 0.25) is 0 Å². The van der Waals surface area contributed by atoms with E-state index in [1.165, 1.54) is 0 Å². The van der Waals surface area contributed by atoms with E-state index >= 15 is 0 Å². The second-order valence-corrected chi connectivity index (χ2v) is 5.24. The molecule has 0 aromatic heterocycles. The van der Waals surface area contributed by atoms with E-state index < -0.39 is 18.0 Å². The summed E-state index contributed by atoms with van der Waals surface area (Å²) in [5.74, 6) is -1.01. The minimum atomic E-state index is -1.01. The minimum absolute atomic E-state index is 0.435. The average Bonchev–Trinajstić information content (AvgIpc) is 2.44. The van der Waals surface area contributed by atoms with Crippen LogP contribution < -0.4 is 10.6 Å². The van der Waals surface area contributed by atoms with Crippen molar-refractivity contribution in [3.05, 3.63) is 24.3 Å². The van der Waals surface area contributed by atoms with Gasteiger partial charge in [-0.05, 0) is 36.9 Å². The fourth-order valence-corrected chi connectivity index (χ4v) is 2.07. The molecule has 0 spiro atoms. The minimum Gasteiger partial charge on any atom is -0.480 e. The third-order valence-corrected chi connectivity index (χ3v) is 3.54. The van der Waals surface area contributed by atoms with Gasteiger partial charge in [-0.15, -0.1) is 11.8 Å². The summed E-state index contributed by atoms with van der Waals surface area (Å²) in [7, 11) is 0. The van der Waals surface area contributed by atoms with Gasteiger partial charge in [-0.2, -0.15) is 0 Å². The lowest BCUT2D eigenvalue weighted by atomic mass is 10.1. The molecule has 0 bridgehead atoms. The first kappa shape index (κ1) is 16.4. The van der Waals surface area contributed by atoms with Crippen LogP contribution in [0.4, 0.5) is 10.5 Å². The van der Waals surface area contributed by atoms with Gasteiger partial charge in [0.2, 0.25) is 0 Å². The van der Waals surface area contributed by atoms with Gasteiger partial charge in [0.05, 0.1) is 0 Å². The number of hydrogen-bond donors (Lipinski definition) is 3. The van der Waals surface area contributed by atoms with Crippen molar-refractivity contribution >= 4 is 29.4 Å². The highest BCUT2D eigenvalue weighted by atomic mass is 32.2. The van der Waals surface area contributed by atoms with Crippen molar-refractivity contribution in [3.8, 4) is 0 Å². The molecule has 0 fully saturated rings. The number of carbonyl (C=O) groups is 2. The number of thioether (sulfide) groups is 1. The maximum absolute atomic E-state index is 11.8. The molecule has 5 nitrogen and oxygen atoms in total. The van der Waals surface area contributed by atoms with Gasteiger partial charge in [0.15, 0.2) is 0 Å². The second kappa shape index (κ2) is 8.47. The fourth-order valence-electron chi connectivity index (χ4n) is 1.67. The first-order chi connectivity index (χ1) is 9.56. The Hall–Kier alpha value is -1.69. The van der Waals surface area contributed by atoms with E-state index in [2.05, 4.69) is 10.6 Å². The van der Waals surface area contributed by atoms with Gasteiger partial charge >= 0.3 is 12.0 Å². The van der Waals surface area contributed by atoms with Crippen molar-refractivity contribution in [1.82, 2.24) is 5.32 Å². The molecule has 1 rings (SSSR count). The Morgan fingerprint density at radius 2 is 1.95 bits per heavy atom. The largest absolute Gasteiger partial charge is 0.480 e. The predicted octanol–water partition coefficient (Wildman–Crippen LogP) is 3.17. The molecule has 1 aromatic rings. The average molecular weight is 296 g/mol. The van der Waals surface area contributed by atoms with E-state index in [0.717, 1.165) is 17.7 Å². The van der Waals surface area contributed by atoms with Gasteiger partial charge in [-0.25, -0.2) is 9.59 Å². The van der Waals surface area contributed by atoms with Crippen molar-refractivity contribution in [2.45, 2.75) is 37.1 Å². The molecule has 1 atom stereocenters. The van der Waals surface area contributed by atoms with Crippen LogP contribution in [0.15, 0.2) is 29.2 Å². The Morgan fingerprint density at radius 3 is 2.45 bits per heavy atom. The molecule has 0 unspecified atom stereocenters. The molecule has 0 aliphatic heterocycles. The normalized spacial score (nSPS) is 11.7. The van der Waals surface area contributed by atoms with Crippen molar-refractivity contribution in [2.75, 3.05) is 11.6 Å². The summed E-state index contributed by atoms with van der Waals surface area (Å²) in [6.07, 6.45) is 4.06. The summed E-state index contributed by atoms with van der Waals surface area (Å²) in [5.41, 5.74) is 0.639. The van der Waals surface area contributed by atoms with E-state index in [4.69, 9.17) is 5.11 Å². The summed E-state index contributed by atoms with van der Waals surface area (Å²) in [6.45, 7) is 1.98. The number of anilines is 1. The lowest BCUT2D eigenvalue weighted by molar-refractivity contribution is -0.139. The topological polar surface area (TPSA) is 78.4 Å². The number of nitrogens with one attached hydrogen (secondary N) is 2. The molecule has 2 amide bonds. The molecule has 3 N–H and O–H groups in total. The highest BCUT2D eigenvalue weighted by molar-refractivity contribution is 7.98. The van der Waals surface area contributed by atoms with Crippen molar-refractivity contribution in [1.29, 1.82) is 0 Å². The van der Waals surface area contributed by atoms with Crippen LogP contribution in [0.3, 0.4) is 0 Å². The van der Waals surface area contributed by atoms with Crippen LogP contribution in [0.25, 0.3) is 0 Å². The number of hydrogen-bond acceptors (Lipinski definition) is 3. The smallest absolute Gasteiger partial charge is 0.326 e. The molecule has 20 heavy (non-hydrogen) atoms. The fraction of sp³-hybridized carbons (Fsp3) is 0.429. The van der Waals surface area contributed by atoms with Crippen LogP contribution in [-0.2, 0) is 4.79 Å². The molecule has 0 aliphatic carbocycles. The Bertz CT molecular complexity index is 448. The Balaban J connectivity index is 2.53. The van der Waals surface area contributed by atoms with Crippen LogP contribution in [-0.4, -0.2) is 29.4 Å². The SMILES string of the molecule is CCCC[C@H](NC(=O)Nc1ccc(SC)cc1)C(=O)O. The molecular formula is C14H20N2O3S. The summed E-state index contributed by atoms with van der Waals surface area (Å²) in [4.78, 5) is 23.9. The quantitative estimate of drug-likeness (QED) is 0.675. The van der Waals surface area contributed by atoms with Gasteiger partial charge in [-0.1, -0.05) is 19.8 Å². The lowest BCUT2D eigenvalue weighted by Crippen LogP contribution is -2.42. The highest BCUT2D eigenvalue weighted by Crippen LogP contribution is 2.17. The maximum atomic E-state index is 11.8. The predicted molar refractivity (Wildman–Crippen MR) is 81.3 cm³/mol. The number of carboxylic acids is 1. The Morgan fingerprint density at radius 1 is 1.30 bits per heavy atom. The molecule has 0 radical (unpaired) electrons. The summed E-state index contributed by atoms with van der Waals surface area (Å²) < 4.78 is 0. The molecule has 0 saturated heterocycles. The lowest BCUT2D eigenvalue weighted by Gasteiger charge is -2.14. The van der Waals surface area contributed by atoms with Gasteiger partial charge in [0.1, 0.15) is 6.04 Å². The number of urea groups is 1. The van der Waals surface area contributed by atoms with Crippen LogP contribution in [0.1, 0.15) is 26.2 Å². The van der Waals surface area contributed by atoms with Gasteiger partial charge in [-0.3, -0.25) is 0 Å². The van der Waals surface area contributed by atoms with E-state index in [0.29, 0.717) is 12.1 Å². The summed E-state index contributed by atoms with van der Waals surface area (Å²) >= 11 is 1.61. The van der Waals surface area contributed by atoms with Crippen molar-refractivity contribution < 1.29 is 14.7 Å². The Labute approximate surface area is 123 Å². The molecule has 0 aliphatic rings. The maximum Gasteiger partial charge on any atom is 0.326 e. The number of rotatable bonds is 7. The highest BCUT2D eigenvalue weighted by Gasteiger charge is 2.18. The van der Waals surface area contributed by atoms with E-state index in [-0.39, 0.29) is 0 Å². The number of carboxylic acid groups (broad SMARTS) is 1. The number of benzene rings is 1. The van der Waals surface area contributed by atoms with Crippen molar-refractivity contribution in [3.63, 3.8) is 0 Å². The molecule has 6 heteroatoms. The number of carbonyl (C=O) groups excluding carboxylic acids is 1. The van der Waals surface area contributed by atoms with Gasteiger partial charge < -0.3 is 15.7 Å². The molecule has 1 aromatic carbocycles. The third-order valence-electron chi connectivity index (χ3n) is 2.80. The standard InChI is InChI=1S/C14H20N2O3S/c1-3-4-5-12(13(17)18)16-14(19)15-10-6-8-11(20-2)9-7-10/h6-9,12H,3-5H2,1-2H3,(H,17,18)(H2,15,16,19)/t12-/m0/s1. The molecule has 0 saturated carbocycles. The zero-order valence-electron chi connectivity index (χ0n) is 11.7. The molecule has 0 heterocycles. The first-order valence-electron chi connectivity index (χ1n) is 6.51. The van der Waals surface area contributed by atoms with Crippen LogP contribution in [0.5, 0.6) is 0 Å². The molecule has 110 valence electrons. The van der Waals surface area contributed by atoms with Gasteiger partial charge in [0.25, 0.3) is 0 Å². The van der Waals surface area contributed by atoms with E-state index in [1.807, 2.05) is 25.3 Å². The second-order valence-electron chi connectivity index (χ2n) is 4.36. The monoisotopic (exact) mass is 296 g/mol. The Kier molecular flexibility index (Phi) is 6.93. The van der Waals surface area contributed by atoms with E-state index in [1.54, 1.807) is 23.9 Å². The summed E-state index contributed by atoms with van der Waals surface area (Å²) in [5, 5.41) is 14.1. The van der Waals surface area contributed by atoms with Crippen LogP contribution >= 0.6 is 11.8 Å². The molecular weight excluding hydrogens is 276 g/mol. The zero-order chi connectivity index (χ0) is 15.0. The van der Waals surface area contributed by atoms with E-state index in [9.17, 15) is 9.59 Å².